The summed E-state index contributed by atoms with van der Waals surface area (Å²) < 4.78 is 51.6. The van der Waals surface area contributed by atoms with E-state index in [0.29, 0.717) is 9.92 Å². The molecule has 140 valence electrons. The van der Waals surface area contributed by atoms with Gasteiger partial charge in [-0.05, 0) is 62.4 Å². The molecule has 0 saturated carbocycles. The van der Waals surface area contributed by atoms with E-state index < -0.39 is 33.6 Å². The molecular formula is C17H15ClF3NO3S. The van der Waals surface area contributed by atoms with Gasteiger partial charge in [-0.25, -0.2) is 0 Å². The normalized spacial score (nSPS) is 13.2. The van der Waals surface area contributed by atoms with E-state index in [-0.39, 0.29) is 5.69 Å². The average molecular weight is 406 g/mol. The quantitative estimate of drug-likeness (QED) is 0.780. The number of carbonyl (C=O) groups is 1. The predicted octanol–water partition coefficient (Wildman–Crippen LogP) is 4.76. The first-order chi connectivity index (χ1) is 12.0. The van der Waals surface area contributed by atoms with Gasteiger partial charge in [-0.1, -0.05) is 11.6 Å². The second kappa shape index (κ2) is 7.67. The average Bonchev–Trinajstić information content (AvgIpc) is 2.55. The Morgan fingerprint density at radius 3 is 2.08 bits per heavy atom. The van der Waals surface area contributed by atoms with E-state index in [0.717, 1.165) is 12.1 Å². The van der Waals surface area contributed by atoms with Crippen LogP contribution in [0.15, 0.2) is 53.4 Å². The van der Waals surface area contributed by atoms with Crippen LogP contribution in [0, 0.1) is 0 Å². The van der Waals surface area contributed by atoms with Crippen molar-refractivity contribution in [3.8, 4) is 5.75 Å². The SMILES string of the molecule is CC(C)(C(=O)Nc1ccc(OC(F)(F)F)cc1)S(=O)c1ccc(Cl)cc1. The van der Waals surface area contributed by atoms with Crippen molar-refractivity contribution in [2.45, 2.75) is 29.9 Å². The molecule has 1 unspecified atom stereocenters. The number of hydrogen-bond donors (Lipinski definition) is 1. The summed E-state index contributed by atoms with van der Waals surface area (Å²) in [5.74, 6) is -0.949. The second-order valence-electron chi connectivity index (χ2n) is 5.76. The summed E-state index contributed by atoms with van der Waals surface area (Å²) in [6.07, 6.45) is -4.79. The largest absolute Gasteiger partial charge is 0.573 e. The molecule has 0 spiro atoms. The van der Waals surface area contributed by atoms with Gasteiger partial charge in [0.05, 0.1) is 10.8 Å². The summed E-state index contributed by atoms with van der Waals surface area (Å²) in [5, 5.41) is 3.02. The molecule has 0 fully saturated rings. The highest BCUT2D eigenvalue weighted by Crippen LogP contribution is 2.26. The standard InChI is InChI=1S/C17H15ClF3NO3S/c1-16(2,26(24)14-9-3-11(18)4-10-14)15(23)22-12-5-7-13(8-6-12)25-17(19,20)21/h3-10H,1-2H3,(H,22,23). The molecule has 0 aromatic heterocycles. The van der Waals surface area contributed by atoms with Crippen LogP contribution in [0.4, 0.5) is 18.9 Å². The fourth-order valence-electron chi connectivity index (χ4n) is 1.96. The molecule has 2 aromatic carbocycles. The van der Waals surface area contributed by atoms with Crippen LogP contribution in [0.1, 0.15) is 13.8 Å². The minimum absolute atomic E-state index is 0.255. The fraction of sp³-hybridized carbons (Fsp3) is 0.235. The highest BCUT2D eigenvalue weighted by atomic mass is 35.5. The van der Waals surface area contributed by atoms with E-state index in [1.54, 1.807) is 24.3 Å². The van der Waals surface area contributed by atoms with Gasteiger partial charge < -0.3 is 10.1 Å². The van der Waals surface area contributed by atoms with Crippen molar-refractivity contribution in [1.82, 2.24) is 0 Å². The van der Waals surface area contributed by atoms with Crippen LogP contribution in [-0.4, -0.2) is 21.2 Å². The number of anilines is 1. The maximum absolute atomic E-state index is 12.7. The van der Waals surface area contributed by atoms with Gasteiger partial charge in [0, 0.05) is 15.6 Å². The molecule has 2 rings (SSSR count). The third-order valence-corrected chi connectivity index (χ3v) is 5.45. The lowest BCUT2D eigenvalue weighted by Gasteiger charge is -2.23. The van der Waals surface area contributed by atoms with Crippen molar-refractivity contribution >= 4 is 34.0 Å². The molecule has 0 aliphatic heterocycles. The van der Waals surface area contributed by atoms with Crippen molar-refractivity contribution in [3.05, 3.63) is 53.6 Å². The Balaban J connectivity index is 2.10. The van der Waals surface area contributed by atoms with E-state index in [9.17, 15) is 22.2 Å². The van der Waals surface area contributed by atoms with Crippen LogP contribution in [0.2, 0.25) is 5.02 Å². The summed E-state index contributed by atoms with van der Waals surface area (Å²) in [7, 11) is -1.67. The van der Waals surface area contributed by atoms with Gasteiger partial charge in [-0.3, -0.25) is 9.00 Å². The summed E-state index contributed by atoms with van der Waals surface area (Å²) in [5.41, 5.74) is 0.255. The molecule has 9 heteroatoms. The summed E-state index contributed by atoms with van der Waals surface area (Å²) >= 11 is 5.79. The molecule has 4 nitrogen and oxygen atoms in total. The zero-order valence-corrected chi connectivity index (χ0v) is 15.3. The molecule has 0 aliphatic carbocycles. The molecule has 26 heavy (non-hydrogen) atoms. The molecule has 1 atom stereocenters. The first-order valence-electron chi connectivity index (χ1n) is 7.34. The van der Waals surface area contributed by atoms with Gasteiger partial charge in [0.15, 0.2) is 0 Å². The number of benzene rings is 2. The Morgan fingerprint density at radius 1 is 1.04 bits per heavy atom. The number of rotatable bonds is 5. The zero-order chi connectivity index (χ0) is 19.5. The number of alkyl halides is 3. The smallest absolute Gasteiger partial charge is 0.406 e. The molecule has 1 N–H and O–H groups in total. The van der Waals surface area contributed by atoms with Crippen LogP contribution in [-0.2, 0) is 15.6 Å². The lowest BCUT2D eigenvalue weighted by Crippen LogP contribution is -2.41. The van der Waals surface area contributed by atoms with Crippen LogP contribution >= 0.6 is 11.6 Å². The van der Waals surface area contributed by atoms with Gasteiger partial charge in [-0.15, -0.1) is 13.2 Å². The fourth-order valence-corrected chi connectivity index (χ4v) is 3.28. The van der Waals surface area contributed by atoms with Crippen molar-refractivity contribution in [2.24, 2.45) is 0 Å². The van der Waals surface area contributed by atoms with Crippen molar-refractivity contribution in [2.75, 3.05) is 5.32 Å². The predicted molar refractivity (Wildman–Crippen MR) is 93.7 cm³/mol. The molecule has 1 amide bonds. The van der Waals surface area contributed by atoms with E-state index >= 15 is 0 Å². The molecular weight excluding hydrogens is 391 g/mol. The van der Waals surface area contributed by atoms with Crippen LogP contribution in [0.5, 0.6) is 5.75 Å². The molecule has 0 aliphatic rings. The number of ether oxygens (including phenoxy) is 1. The Labute approximate surface area is 155 Å². The summed E-state index contributed by atoms with van der Waals surface area (Å²) in [6, 6.07) is 11.0. The molecule has 0 saturated heterocycles. The van der Waals surface area contributed by atoms with E-state index in [2.05, 4.69) is 10.1 Å². The van der Waals surface area contributed by atoms with Gasteiger partial charge in [-0.2, -0.15) is 0 Å². The lowest BCUT2D eigenvalue weighted by atomic mass is 10.2. The number of halogens is 4. The molecule has 0 heterocycles. The second-order valence-corrected chi connectivity index (χ2v) is 8.23. The molecule has 0 bridgehead atoms. The van der Waals surface area contributed by atoms with Crippen molar-refractivity contribution < 1.29 is 26.9 Å². The number of nitrogens with one attached hydrogen (secondary N) is 1. The van der Waals surface area contributed by atoms with Gasteiger partial charge in [0.1, 0.15) is 10.5 Å². The Bertz CT molecular complexity index is 805. The zero-order valence-electron chi connectivity index (χ0n) is 13.8. The Hall–Kier alpha value is -2.06. The van der Waals surface area contributed by atoms with E-state index in [1.807, 2.05) is 0 Å². The maximum atomic E-state index is 12.7. The highest BCUT2D eigenvalue weighted by molar-refractivity contribution is 7.87. The van der Waals surface area contributed by atoms with Crippen molar-refractivity contribution in [1.29, 1.82) is 0 Å². The topological polar surface area (TPSA) is 55.4 Å². The number of amides is 1. The van der Waals surface area contributed by atoms with Gasteiger partial charge >= 0.3 is 6.36 Å². The maximum Gasteiger partial charge on any atom is 0.573 e. The number of hydrogen-bond acceptors (Lipinski definition) is 3. The first-order valence-corrected chi connectivity index (χ1v) is 8.86. The Morgan fingerprint density at radius 2 is 1.58 bits per heavy atom. The monoisotopic (exact) mass is 405 g/mol. The minimum Gasteiger partial charge on any atom is -0.406 e. The van der Waals surface area contributed by atoms with Crippen LogP contribution in [0.25, 0.3) is 0 Å². The van der Waals surface area contributed by atoms with Crippen molar-refractivity contribution in [3.63, 3.8) is 0 Å². The summed E-state index contributed by atoms with van der Waals surface area (Å²) in [6.45, 7) is 3.02. The first kappa shape index (κ1) is 20.3. The summed E-state index contributed by atoms with van der Waals surface area (Å²) in [4.78, 5) is 12.9. The third kappa shape index (κ3) is 5.22. The highest BCUT2D eigenvalue weighted by Gasteiger charge is 2.36. The van der Waals surface area contributed by atoms with Crippen LogP contribution < -0.4 is 10.1 Å². The Kier molecular flexibility index (Phi) is 5.98. The number of carbonyl (C=O) groups excluding carboxylic acids is 1. The van der Waals surface area contributed by atoms with E-state index in [4.69, 9.17) is 11.6 Å². The molecule has 0 radical (unpaired) electrons. The minimum atomic E-state index is -4.79. The van der Waals surface area contributed by atoms with Gasteiger partial charge in [0.25, 0.3) is 0 Å². The van der Waals surface area contributed by atoms with Gasteiger partial charge in [0.2, 0.25) is 5.91 Å². The van der Waals surface area contributed by atoms with Crippen LogP contribution in [0.3, 0.4) is 0 Å². The lowest BCUT2D eigenvalue weighted by molar-refractivity contribution is -0.274. The third-order valence-electron chi connectivity index (χ3n) is 3.38. The van der Waals surface area contributed by atoms with E-state index in [1.165, 1.54) is 26.0 Å². The molecule has 2 aromatic rings.